The van der Waals surface area contributed by atoms with Crippen molar-refractivity contribution in [2.45, 2.75) is 31.4 Å². The highest BCUT2D eigenvalue weighted by Crippen LogP contribution is 2.38. The topological polar surface area (TPSA) is 59.5 Å². The van der Waals surface area contributed by atoms with Crippen molar-refractivity contribution in [3.63, 3.8) is 0 Å². The van der Waals surface area contributed by atoms with Crippen LogP contribution < -0.4 is 0 Å². The Kier molecular flexibility index (Phi) is 4.95. The highest BCUT2D eigenvalue weighted by atomic mass is 32.1. The van der Waals surface area contributed by atoms with Gasteiger partial charge < -0.3 is 9.64 Å². The summed E-state index contributed by atoms with van der Waals surface area (Å²) in [6.07, 6.45) is 2.10. The van der Waals surface area contributed by atoms with Crippen molar-refractivity contribution in [2.24, 2.45) is 0 Å². The van der Waals surface area contributed by atoms with Crippen LogP contribution in [0.15, 0.2) is 72.8 Å². The van der Waals surface area contributed by atoms with Crippen LogP contribution in [-0.2, 0) is 11.2 Å². The zero-order valence-electron chi connectivity index (χ0n) is 17.9. The number of rotatable bonds is 3. The van der Waals surface area contributed by atoms with Gasteiger partial charge in [0, 0.05) is 18.5 Å². The number of cyclic esters (lactones) is 1. The summed E-state index contributed by atoms with van der Waals surface area (Å²) in [4.78, 5) is 32.9. The summed E-state index contributed by atoms with van der Waals surface area (Å²) in [5.74, 6) is -0.340. The maximum Gasteiger partial charge on any atom is 0.339 e. The quantitative estimate of drug-likeness (QED) is 0.371. The molecule has 0 bridgehead atoms. The van der Waals surface area contributed by atoms with E-state index in [0.29, 0.717) is 24.1 Å². The van der Waals surface area contributed by atoms with Crippen molar-refractivity contribution in [1.29, 1.82) is 0 Å². The van der Waals surface area contributed by atoms with Gasteiger partial charge in [-0.05, 0) is 54.3 Å². The Labute approximate surface area is 195 Å². The fourth-order valence-corrected chi connectivity index (χ4v) is 5.96. The number of carbonyl (C=O) groups excluding carboxylic acids is 2. The van der Waals surface area contributed by atoms with E-state index in [1.807, 2.05) is 59.5 Å². The van der Waals surface area contributed by atoms with Crippen LogP contribution in [0.25, 0.3) is 10.2 Å². The molecule has 6 heteroatoms. The standard InChI is InChI=1S/C27H22N2O3S/c30-26(29-14-6-10-22(29)25-28-21-9-4-5-11-24(21)33-25)18-12-13-20-19(15-18)16-23(32-27(20)31)17-7-2-1-3-8-17/h1-5,7-9,11-13,15,22-23H,6,10,14,16H2/t22-,23+/m0/s1. The number of amides is 1. The van der Waals surface area contributed by atoms with Crippen molar-refractivity contribution in [3.05, 3.63) is 100 Å². The maximum absolute atomic E-state index is 13.6. The number of nitrogens with zero attached hydrogens (tertiary/aromatic N) is 2. The SMILES string of the molecule is O=C1O[C@@H](c2ccccc2)Cc2cc(C(=O)N3CCC[C@H]3c3nc4ccccc4s3)ccc21. The minimum atomic E-state index is -0.336. The molecule has 1 amide bonds. The lowest BCUT2D eigenvalue weighted by Crippen LogP contribution is -2.31. The molecule has 164 valence electrons. The van der Waals surface area contributed by atoms with Gasteiger partial charge in [-0.2, -0.15) is 0 Å². The van der Waals surface area contributed by atoms with Crippen LogP contribution in [0.3, 0.4) is 0 Å². The first-order valence-corrected chi connectivity index (χ1v) is 12.0. The number of aromatic nitrogens is 1. The average molecular weight is 455 g/mol. The molecule has 0 spiro atoms. The number of hydrogen-bond acceptors (Lipinski definition) is 5. The molecule has 3 heterocycles. The Morgan fingerprint density at radius 2 is 1.85 bits per heavy atom. The van der Waals surface area contributed by atoms with Gasteiger partial charge in [0.25, 0.3) is 5.91 Å². The van der Waals surface area contributed by atoms with Crippen LogP contribution in [0, 0.1) is 0 Å². The highest BCUT2D eigenvalue weighted by Gasteiger charge is 2.34. The van der Waals surface area contributed by atoms with Crippen LogP contribution in [0.4, 0.5) is 0 Å². The van der Waals surface area contributed by atoms with E-state index in [4.69, 9.17) is 9.72 Å². The summed E-state index contributed by atoms with van der Waals surface area (Å²) in [5, 5.41) is 0.993. The molecule has 0 radical (unpaired) electrons. The molecule has 0 N–H and O–H groups in total. The van der Waals surface area contributed by atoms with Gasteiger partial charge >= 0.3 is 5.97 Å². The van der Waals surface area contributed by atoms with Crippen molar-refractivity contribution in [2.75, 3.05) is 6.54 Å². The van der Waals surface area contributed by atoms with E-state index in [1.54, 1.807) is 23.5 Å². The summed E-state index contributed by atoms with van der Waals surface area (Å²) in [7, 11) is 0. The average Bonchev–Trinajstić information content (AvgIpc) is 3.51. The largest absolute Gasteiger partial charge is 0.454 e. The first-order valence-electron chi connectivity index (χ1n) is 11.2. The number of thiazole rings is 1. The van der Waals surface area contributed by atoms with Gasteiger partial charge in [-0.1, -0.05) is 42.5 Å². The predicted octanol–water partition coefficient (Wildman–Crippen LogP) is 5.73. The second-order valence-electron chi connectivity index (χ2n) is 8.56. The van der Waals surface area contributed by atoms with E-state index in [0.717, 1.165) is 39.2 Å². The first-order chi connectivity index (χ1) is 16.2. The van der Waals surface area contributed by atoms with Gasteiger partial charge in [0.1, 0.15) is 11.1 Å². The minimum Gasteiger partial charge on any atom is -0.454 e. The van der Waals surface area contributed by atoms with Crippen LogP contribution in [-0.4, -0.2) is 28.3 Å². The Balaban J connectivity index is 1.29. The molecule has 1 saturated heterocycles. The van der Waals surface area contributed by atoms with Gasteiger partial charge in [-0.25, -0.2) is 9.78 Å². The molecular formula is C27H22N2O3S. The summed E-state index contributed by atoms with van der Waals surface area (Å²) in [6, 6.07) is 23.2. The van der Waals surface area contributed by atoms with Crippen molar-refractivity contribution >= 4 is 33.4 Å². The third kappa shape index (κ3) is 3.60. The molecular weight excluding hydrogens is 432 g/mol. The Bertz CT molecular complexity index is 1330. The number of para-hydroxylation sites is 1. The van der Waals surface area contributed by atoms with Crippen LogP contribution in [0.2, 0.25) is 0 Å². The van der Waals surface area contributed by atoms with Gasteiger partial charge in [0.2, 0.25) is 0 Å². The second-order valence-corrected chi connectivity index (χ2v) is 9.62. The van der Waals surface area contributed by atoms with Gasteiger partial charge in [0.05, 0.1) is 21.8 Å². The third-order valence-corrected chi connectivity index (χ3v) is 7.64. The fourth-order valence-electron chi connectivity index (χ4n) is 4.85. The van der Waals surface area contributed by atoms with Crippen LogP contribution in [0.1, 0.15) is 61.8 Å². The zero-order chi connectivity index (χ0) is 22.4. The number of likely N-dealkylation sites (tertiary alicyclic amines) is 1. The number of esters is 1. The lowest BCUT2D eigenvalue weighted by Gasteiger charge is -2.27. The normalized spacial score (nSPS) is 20.0. The Morgan fingerprint density at radius 1 is 1.03 bits per heavy atom. The molecule has 33 heavy (non-hydrogen) atoms. The number of ether oxygens (including phenoxy) is 1. The molecule has 2 aliphatic heterocycles. The first kappa shape index (κ1) is 20.1. The second kappa shape index (κ2) is 8.12. The molecule has 5 nitrogen and oxygen atoms in total. The molecule has 0 saturated carbocycles. The molecule has 2 aliphatic rings. The molecule has 0 unspecified atom stereocenters. The molecule has 0 aliphatic carbocycles. The molecule has 1 aromatic heterocycles. The van der Waals surface area contributed by atoms with E-state index in [-0.39, 0.29) is 24.0 Å². The van der Waals surface area contributed by atoms with Gasteiger partial charge in [-0.15, -0.1) is 11.3 Å². The van der Waals surface area contributed by atoms with Gasteiger partial charge in [-0.3, -0.25) is 4.79 Å². The van der Waals surface area contributed by atoms with Crippen molar-refractivity contribution < 1.29 is 14.3 Å². The fraction of sp³-hybridized carbons (Fsp3) is 0.222. The number of carbonyl (C=O) groups is 2. The van der Waals surface area contributed by atoms with Crippen molar-refractivity contribution in [3.8, 4) is 0 Å². The van der Waals surface area contributed by atoms with Crippen LogP contribution >= 0.6 is 11.3 Å². The lowest BCUT2D eigenvalue weighted by atomic mass is 9.93. The lowest BCUT2D eigenvalue weighted by molar-refractivity contribution is 0.0252. The summed E-state index contributed by atoms with van der Waals surface area (Å²) < 4.78 is 6.81. The summed E-state index contributed by atoms with van der Waals surface area (Å²) >= 11 is 1.67. The summed E-state index contributed by atoms with van der Waals surface area (Å²) in [5.41, 5.74) is 3.97. The minimum absolute atomic E-state index is 0.00485. The third-order valence-electron chi connectivity index (χ3n) is 6.51. The molecule has 4 aromatic rings. The van der Waals surface area contributed by atoms with E-state index >= 15 is 0 Å². The van der Waals surface area contributed by atoms with Gasteiger partial charge in [0.15, 0.2) is 0 Å². The van der Waals surface area contributed by atoms with E-state index in [2.05, 4.69) is 6.07 Å². The van der Waals surface area contributed by atoms with E-state index in [1.165, 1.54) is 0 Å². The number of fused-ring (bicyclic) bond motifs is 2. The summed E-state index contributed by atoms with van der Waals surface area (Å²) in [6.45, 7) is 0.713. The highest BCUT2D eigenvalue weighted by molar-refractivity contribution is 7.18. The monoisotopic (exact) mass is 454 g/mol. The van der Waals surface area contributed by atoms with E-state index < -0.39 is 0 Å². The predicted molar refractivity (Wildman–Crippen MR) is 127 cm³/mol. The molecule has 2 atom stereocenters. The number of benzene rings is 3. The number of hydrogen-bond donors (Lipinski definition) is 0. The Hall–Kier alpha value is -3.51. The zero-order valence-corrected chi connectivity index (χ0v) is 18.8. The van der Waals surface area contributed by atoms with Crippen molar-refractivity contribution in [1.82, 2.24) is 9.88 Å². The van der Waals surface area contributed by atoms with E-state index in [9.17, 15) is 9.59 Å². The molecule has 1 fully saturated rings. The smallest absolute Gasteiger partial charge is 0.339 e. The Morgan fingerprint density at radius 3 is 2.70 bits per heavy atom. The maximum atomic E-state index is 13.6. The van der Waals surface area contributed by atoms with Crippen LogP contribution in [0.5, 0.6) is 0 Å². The molecule has 6 rings (SSSR count). The molecule has 3 aromatic carbocycles.